The van der Waals surface area contributed by atoms with E-state index in [-0.39, 0.29) is 18.5 Å². The van der Waals surface area contributed by atoms with Crippen LogP contribution in [0.1, 0.15) is 69.2 Å². The second-order valence-electron chi connectivity index (χ2n) is 10.6. The summed E-state index contributed by atoms with van der Waals surface area (Å²) < 4.78 is 0. The molecule has 196 valence electrons. The third kappa shape index (κ3) is 6.37. The number of carboxylic acid groups (broad SMARTS) is 1. The van der Waals surface area contributed by atoms with Crippen molar-refractivity contribution in [1.29, 1.82) is 0 Å². The normalized spacial score (nSPS) is 17.2. The average molecular weight is 502 g/mol. The van der Waals surface area contributed by atoms with Crippen molar-refractivity contribution in [2.45, 2.75) is 90.8 Å². The van der Waals surface area contributed by atoms with Gasteiger partial charge in [0.05, 0.1) is 29.2 Å². The Morgan fingerprint density at radius 3 is 1.97 bits per heavy atom. The van der Waals surface area contributed by atoms with Crippen LogP contribution in [0.15, 0.2) is 48.5 Å². The van der Waals surface area contributed by atoms with Crippen molar-refractivity contribution in [2.75, 3.05) is 4.90 Å². The van der Waals surface area contributed by atoms with Gasteiger partial charge in [-0.05, 0) is 40.5 Å². The molecule has 0 aliphatic carbocycles. The first-order valence-electron chi connectivity index (χ1n) is 13.5. The Labute approximate surface area is 220 Å². The van der Waals surface area contributed by atoms with Crippen LogP contribution in [0.2, 0.25) is 0 Å². The van der Waals surface area contributed by atoms with Crippen LogP contribution in [-0.2, 0) is 11.2 Å². The summed E-state index contributed by atoms with van der Waals surface area (Å²) in [5.41, 5.74) is 6.98. The summed E-state index contributed by atoms with van der Waals surface area (Å²) in [5.74, 6) is 0.126. The lowest BCUT2D eigenvalue weighted by Crippen LogP contribution is -2.52. The number of aromatic nitrogens is 2. The molecule has 0 radical (unpaired) electrons. The first-order valence-corrected chi connectivity index (χ1v) is 13.5. The number of rotatable bonds is 10. The van der Waals surface area contributed by atoms with Crippen molar-refractivity contribution in [3.63, 3.8) is 0 Å². The summed E-state index contributed by atoms with van der Waals surface area (Å²) in [6.07, 6.45) is 4.51. The molecule has 2 unspecified atom stereocenters. The molecule has 6 heteroatoms. The van der Waals surface area contributed by atoms with Crippen LogP contribution in [0, 0.1) is 13.8 Å². The summed E-state index contributed by atoms with van der Waals surface area (Å²) in [7, 11) is 0. The van der Waals surface area contributed by atoms with E-state index in [4.69, 9.17) is 15.1 Å². The van der Waals surface area contributed by atoms with Gasteiger partial charge in [0.25, 0.3) is 0 Å². The minimum atomic E-state index is -0.738. The van der Waals surface area contributed by atoms with Gasteiger partial charge in [-0.15, -0.1) is 0 Å². The molecule has 2 N–H and O–H groups in total. The second-order valence-corrected chi connectivity index (χ2v) is 10.6. The highest BCUT2D eigenvalue weighted by molar-refractivity contribution is 5.80. The van der Waals surface area contributed by atoms with Gasteiger partial charge >= 0.3 is 5.97 Å². The molecule has 37 heavy (non-hydrogen) atoms. The average Bonchev–Trinajstić information content (AvgIpc) is 2.86. The van der Waals surface area contributed by atoms with E-state index < -0.39 is 12.1 Å². The number of carbonyl (C=O) groups is 1. The zero-order valence-corrected chi connectivity index (χ0v) is 22.4. The lowest BCUT2D eigenvalue weighted by molar-refractivity contribution is -0.137. The number of anilines is 1. The first kappa shape index (κ1) is 26.8. The van der Waals surface area contributed by atoms with E-state index >= 15 is 0 Å². The van der Waals surface area contributed by atoms with Crippen molar-refractivity contribution >= 4 is 11.8 Å². The smallest absolute Gasteiger partial charge is 0.303 e. The fraction of sp³-hybridized carbons (Fsp3) is 0.452. The van der Waals surface area contributed by atoms with Gasteiger partial charge < -0.3 is 15.1 Å². The van der Waals surface area contributed by atoms with Gasteiger partial charge in [-0.2, -0.15) is 0 Å². The molecule has 1 aliphatic heterocycles. The maximum Gasteiger partial charge on any atom is 0.303 e. The molecule has 0 saturated carbocycles. The number of aryl methyl sites for hydroxylation is 2. The summed E-state index contributed by atoms with van der Waals surface area (Å²) in [6, 6.07) is 16.9. The summed E-state index contributed by atoms with van der Waals surface area (Å²) in [5, 5.41) is 20.1. The lowest BCUT2D eigenvalue weighted by Gasteiger charge is -2.43. The number of unbranched alkanes of at least 4 members (excludes halogenated alkanes) is 3. The molecule has 1 aliphatic rings. The Morgan fingerprint density at radius 1 is 0.892 bits per heavy atom. The summed E-state index contributed by atoms with van der Waals surface area (Å²) in [4.78, 5) is 23.4. The van der Waals surface area contributed by atoms with E-state index in [1.165, 1.54) is 11.1 Å². The number of hydrogen-bond donors (Lipinski definition) is 2. The number of fused-ring (bicyclic) bond motifs is 1. The molecule has 0 spiro atoms. The maximum absolute atomic E-state index is 11.2. The number of hydrogen-bond acceptors (Lipinski definition) is 5. The van der Waals surface area contributed by atoms with Crippen LogP contribution < -0.4 is 4.90 Å². The number of aliphatic hydroxyl groups is 1. The highest BCUT2D eigenvalue weighted by Crippen LogP contribution is 2.38. The van der Waals surface area contributed by atoms with Crippen LogP contribution in [0.25, 0.3) is 22.5 Å². The summed E-state index contributed by atoms with van der Waals surface area (Å²) >= 11 is 0. The van der Waals surface area contributed by atoms with E-state index in [9.17, 15) is 9.90 Å². The largest absolute Gasteiger partial charge is 0.481 e. The molecule has 3 aromatic rings. The van der Waals surface area contributed by atoms with Crippen molar-refractivity contribution in [3.8, 4) is 22.5 Å². The molecule has 0 fully saturated rings. The second kappa shape index (κ2) is 11.9. The Morgan fingerprint density at radius 2 is 1.43 bits per heavy atom. The van der Waals surface area contributed by atoms with Crippen LogP contribution >= 0.6 is 0 Å². The molecule has 2 aromatic carbocycles. The molecule has 2 heterocycles. The number of nitrogens with zero attached hydrogens (tertiary/aromatic N) is 3. The molecule has 4 rings (SSSR count). The molecule has 2 atom stereocenters. The minimum Gasteiger partial charge on any atom is -0.481 e. The Bertz CT molecular complexity index is 1210. The van der Waals surface area contributed by atoms with Gasteiger partial charge in [0.15, 0.2) is 5.82 Å². The van der Waals surface area contributed by atoms with E-state index in [0.29, 0.717) is 12.8 Å². The van der Waals surface area contributed by atoms with Crippen molar-refractivity contribution < 1.29 is 15.0 Å². The van der Waals surface area contributed by atoms with Gasteiger partial charge in [0.1, 0.15) is 0 Å². The number of aliphatic carboxylic acids is 1. The monoisotopic (exact) mass is 501 g/mol. The third-order valence-corrected chi connectivity index (χ3v) is 7.24. The van der Waals surface area contributed by atoms with Crippen molar-refractivity contribution in [2.24, 2.45) is 0 Å². The summed E-state index contributed by atoms with van der Waals surface area (Å²) in [6.45, 7) is 8.44. The Hall–Kier alpha value is -3.25. The first-order chi connectivity index (χ1) is 17.7. The van der Waals surface area contributed by atoms with Gasteiger partial charge in [0.2, 0.25) is 0 Å². The van der Waals surface area contributed by atoms with Gasteiger partial charge in [-0.3, -0.25) is 4.79 Å². The van der Waals surface area contributed by atoms with Crippen LogP contribution in [-0.4, -0.2) is 44.3 Å². The molecule has 6 nitrogen and oxygen atoms in total. The number of benzene rings is 2. The maximum atomic E-state index is 11.2. The van der Waals surface area contributed by atoms with E-state index in [2.05, 4.69) is 81.1 Å². The minimum absolute atomic E-state index is 0.0441. The van der Waals surface area contributed by atoms with Crippen molar-refractivity contribution in [1.82, 2.24) is 9.97 Å². The molecule has 1 aromatic heterocycles. The predicted octanol–water partition coefficient (Wildman–Crippen LogP) is 6.35. The van der Waals surface area contributed by atoms with E-state index in [0.717, 1.165) is 59.7 Å². The lowest BCUT2D eigenvalue weighted by atomic mass is 9.91. The van der Waals surface area contributed by atoms with E-state index in [1.54, 1.807) is 0 Å². The van der Waals surface area contributed by atoms with Gasteiger partial charge in [-0.25, -0.2) is 9.97 Å². The molecule has 0 amide bonds. The zero-order chi connectivity index (χ0) is 26.5. The van der Waals surface area contributed by atoms with Crippen LogP contribution in [0.4, 0.5) is 5.82 Å². The predicted molar refractivity (Wildman–Crippen MR) is 149 cm³/mol. The fourth-order valence-electron chi connectivity index (χ4n) is 5.25. The molecular formula is C31H39N3O3. The van der Waals surface area contributed by atoms with Gasteiger partial charge in [-0.1, -0.05) is 78.9 Å². The van der Waals surface area contributed by atoms with Crippen LogP contribution in [0.3, 0.4) is 0 Å². The Kier molecular flexibility index (Phi) is 8.59. The highest BCUT2D eigenvalue weighted by Gasteiger charge is 2.37. The zero-order valence-electron chi connectivity index (χ0n) is 22.4. The third-order valence-electron chi connectivity index (χ3n) is 7.24. The van der Waals surface area contributed by atoms with E-state index in [1.807, 2.05) is 0 Å². The topological polar surface area (TPSA) is 86.6 Å². The molecule has 0 bridgehead atoms. The SMILES string of the molecule is Cc1ccc(-c2nc3c(nc2-c2ccc(C)cc2)N(C(C)C)C(CCCCCCC(=O)O)C(O)C3)cc1. The van der Waals surface area contributed by atoms with Gasteiger partial charge in [0, 0.05) is 30.0 Å². The highest BCUT2D eigenvalue weighted by atomic mass is 16.4. The standard InChI is InChI=1S/C31H39N3O3/c1-20(2)34-26(9-7-5-6-8-10-28(36)37)27(35)19-25-31(34)33-30(24-17-13-22(4)14-18-24)29(32-25)23-15-11-21(3)12-16-23/h11-18,20,26-27,35H,5-10,19H2,1-4H3,(H,36,37). The molecular weight excluding hydrogens is 462 g/mol. The number of aliphatic hydroxyl groups excluding tert-OH is 1. The molecule has 0 saturated heterocycles. The quantitative estimate of drug-likeness (QED) is 0.315. The fourth-order valence-corrected chi connectivity index (χ4v) is 5.25. The Balaban J connectivity index is 1.69. The van der Waals surface area contributed by atoms with Crippen molar-refractivity contribution in [3.05, 3.63) is 65.4 Å². The van der Waals surface area contributed by atoms with Crippen LogP contribution in [0.5, 0.6) is 0 Å². The number of carboxylic acids is 1.